The number of hydrogen-bond donors (Lipinski definition) is 3. The Kier molecular flexibility index (Phi) is 4.26. The highest BCUT2D eigenvalue weighted by molar-refractivity contribution is 7.32. The third-order valence-electron chi connectivity index (χ3n) is 3.93. The molecule has 0 saturated carbocycles. The Labute approximate surface area is 129 Å². The molecule has 0 aliphatic carbocycles. The summed E-state index contributed by atoms with van der Waals surface area (Å²) in [7, 11) is -2.93. The first-order valence-electron chi connectivity index (χ1n) is 6.77. The third kappa shape index (κ3) is 2.68. The number of rotatable bonds is 4. The van der Waals surface area contributed by atoms with E-state index in [-0.39, 0.29) is 17.6 Å². The fraction of sp³-hybridized carbons (Fsp3) is 0.500. The number of fused-ring (bicyclic) bond motifs is 1. The molecule has 3 rings (SSSR count). The number of halogens is 1. The molecule has 0 aromatic carbocycles. The van der Waals surface area contributed by atoms with Crippen LogP contribution in [0.3, 0.4) is 0 Å². The van der Waals surface area contributed by atoms with Gasteiger partial charge in [-0.1, -0.05) is 6.92 Å². The van der Waals surface area contributed by atoms with Gasteiger partial charge in [-0.25, -0.2) is 9.37 Å². The molecular weight excluding hydrogens is 332 g/mol. The standard InChI is InChI=1S/C12H13FN3O6P/c1-5-7(3-17)21-12(9(5)22-23(19)20)16-2-6(13)8-10(16)14-4-15-11(8)18/h2,4-5,7,9,12,17H,3H2,1H3,(H-,14,15,18,19,20)/p+1/t5-,7-,9-,12-/m1/s1. The summed E-state index contributed by atoms with van der Waals surface area (Å²) in [6, 6.07) is 0. The summed E-state index contributed by atoms with van der Waals surface area (Å²) >= 11 is 0. The fourth-order valence-electron chi connectivity index (χ4n) is 2.78. The Bertz CT molecular complexity index is 808. The van der Waals surface area contributed by atoms with Crippen molar-refractivity contribution in [1.29, 1.82) is 0 Å². The van der Waals surface area contributed by atoms with Gasteiger partial charge in [-0.3, -0.25) is 4.79 Å². The van der Waals surface area contributed by atoms with Gasteiger partial charge in [0.2, 0.25) is 0 Å². The number of aromatic amines is 1. The van der Waals surface area contributed by atoms with Gasteiger partial charge < -0.3 is 19.4 Å². The normalized spacial score (nSPS) is 28.4. The highest BCUT2D eigenvalue weighted by Crippen LogP contribution is 2.41. The average Bonchev–Trinajstić information content (AvgIpc) is 2.98. The molecule has 1 aliphatic rings. The zero-order valence-electron chi connectivity index (χ0n) is 11.9. The number of nitrogens with one attached hydrogen (secondary N) is 1. The maximum Gasteiger partial charge on any atom is 0.695 e. The summed E-state index contributed by atoms with van der Waals surface area (Å²) < 4.78 is 36.9. The topological polar surface area (TPSA) is 127 Å². The second-order valence-electron chi connectivity index (χ2n) is 5.23. The van der Waals surface area contributed by atoms with Crippen LogP contribution in [-0.4, -0.2) is 43.3 Å². The van der Waals surface area contributed by atoms with E-state index in [0.717, 1.165) is 12.5 Å². The van der Waals surface area contributed by atoms with E-state index in [0.29, 0.717) is 0 Å². The maximum atomic E-state index is 14.1. The van der Waals surface area contributed by atoms with E-state index < -0.39 is 44.0 Å². The van der Waals surface area contributed by atoms with Crippen molar-refractivity contribution in [3.8, 4) is 0 Å². The van der Waals surface area contributed by atoms with Gasteiger partial charge in [0.15, 0.2) is 23.8 Å². The van der Waals surface area contributed by atoms with E-state index in [1.165, 1.54) is 4.57 Å². The molecule has 9 nitrogen and oxygen atoms in total. The SMILES string of the molecule is C[C@H]1[C@@H](O[P+](=O)O)[C@H](n2cc(F)c3c(=O)[nH]cnc32)O[C@@H]1CO. The first-order chi connectivity index (χ1) is 10.9. The fourth-order valence-corrected chi connectivity index (χ4v) is 3.28. The Morgan fingerprint density at radius 2 is 2.35 bits per heavy atom. The molecule has 3 heterocycles. The van der Waals surface area contributed by atoms with E-state index in [1.807, 2.05) is 0 Å². The molecule has 2 aromatic rings. The molecule has 1 aliphatic heterocycles. The van der Waals surface area contributed by atoms with Gasteiger partial charge in [-0.05, 0) is 0 Å². The number of aromatic nitrogens is 3. The van der Waals surface area contributed by atoms with E-state index in [2.05, 4.69) is 9.97 Å². The van der Waals surface area contributed by atoms with Gasteiger partial charge in [0.1, 0.15) is 5.39 Å². The molecule has 0 amide bonds. The number of hydrogen-bond acceptors (Lipinski definition) is 6. The molecule has 3 N–H and O–H groups in total. The molecule has 1 unspecified atom stereocenters. The van der Waals surface area contributed by atoms with Gasteiger partial charge >= 0.3 is 8.25 Å². The van der Waals surface area contributed by atoms with Crippen LogP contribution in [0.2, 0.25) is 0 Å². The van der Waals surface area contributed by atoms with Crippen molar-refractivity contribution in [2.45, 2.75) is 25.4 Å². The molecule has 5 atom stereocenters. The predicted molar refractivity (Wildman–Crippen MR) is 75.2 cm³/mol. The van der Waals surface area contributed by atoms with Gasteiger partial charge in [-0.2, -0.15) is 0 Å². The van der Waals surface area contributed by atoms with Crippen LogP contribution in [0.5, 0.6) is 0 Å². The van der Waals surface area contributed by atoms with Crippen molar-refractivity contribution in [3.63, 3.8) is 0 Å². The molecular formula is C12H14FN3O6P+. The molecule has 1 saturated heterocycles. The largest absolute Gasteiger partial charge is 0.695 e. The van der Waals surface area contributed by atoms with E-state index >= 15 is 0 Å². The highest BCUT2D eigenvalue weighted by Gasteiger charge is 2.48. The molecule has 1 fully saturated rings. The minimum Gasteiger partial charge on any atom is -0.394 e. The van der Waals surface area contributed by atoms with Gasteiger partial charge in [-0.15, -0.1) is 9.42 Å². The van der Waals surface area contributed by atoms with Gasteiger partial charge in [0.25, 0.3) is 5.56 Å². The lowest BCUT2D eigenvalue weighted by atomic mass is 10.0. The zero-order valence-corrected chi connectivity index (χ0v) is 12.8. The molecule has 11 heteroatoms. The van der Waals surface area contributed by atoms with Crippen molar-refractivity contribution in [1.82, 2.24) is 14.5 Å². The molecule has 124 valence electrons. The highest BCUT2D eigenvalue weighted by atomic mass is 31.1. The van der Waals surface area contributed by atoms with Crippen molar-refractivity contribution in [3.05, 3.63) is 28.7 Å². The second-order valence-corrected chi connectivity index (χ2v) is 5.92. The van der Waals surface area contributed by atoms with Crippen LogP contribution < -0.4 is 5.56 Å². The number of aliphatic hydroxyl groups excluding tert-OH is 1. The van der Waals surface area contributed by atoms with Gasteiger partial charge in [0, 0.05) is 16.7 Å². The Morgan fingerprint density at radius 1 is 1.61 bits per heavy atom. The Hall–Kier alpha value is -1.71. The summed E-state index contributed by atoms with van der Waals surface area (Å²) in [5.41, 5.74) is -0.634. The minimum atomic E-state index is -2.93. The van der Waals surface area contributed by atoms with Crippen LogP contribution >= 0.6 is 8.25 Å². The van der Waals surface area contributed by atoms with Crippen molar-refractivity contribution in [2.24, 2.45) is 5.92 Å². The van der Waals surface area contributed by atoms with Crippen molar-refractivity contribution in [2.75, 3.05) is 6.61 Å². The van der Waals surface area contributed by atoms with E-state index in [1.54, 1.807) is 6.92 Å². The predicted octanol–water partition coefficient (Wildman–Crippen LogP) is 0.424. The van der Waals surface area contributed by atoms with Crippen LogP contribution in [-0.2, 0) is 13.8 Å². The minimum absolute atomic E-state index is 0.0174. The van der Waals surface area contributed by atoms with Crippen LogP contribution in [0.1, 0.15) is 13.2 Å². The number of nitrogens with zero attached hydrogens (tertiary/aromatic N) is 2. The molecule has 0 spiro atoms. The average molecular weight is 346 g/mol. The Morgan fingerprint density at radius 3 is 3.00 bits per heavy atom. The van der Waals surface area contributed by atoms with Crippen LogP contribution in [0, 0.1) is 11.7 Å². The van der Waals surface area contributed by atoms with Crippen molar-refractivity contribution >= 4 is 19.3 Å². The zero-order chi connectivity index (χ0) is 16.7. The number of H-pyrrole nitrogens is 1. The summed E-state index contributed by atoms with van der Waals surface area (Å²) in [4.78, 5) is 27.0. The molecule has 0 radical (unpaired) electrons. The lowest BCUT2D eigenvalue weighted by molar-refractivity contribution is -0.0450. The van der Waals surface area contributed by atoms with Crippen LogP contribution in [0.4, 0.5) is 4.39 Å². The van der Waals surface area contributed by atoms with E-state index in [4.69, 9.17) is 14.2 Å². The third-order valence-corrected chi connectivity index (χ3v) is 4.36. The monoisotopic (exact) mass is 346 g/mol. The quantitative estimate of drug-likeness (QED) is 0.685. The van der Waals surface area contributed by atoms with Gasteiger partial charge in [0.05, 0.1) is 19.0 Å². The second kappa shape index (κ2) is 6.06. The van der Waals surface area contributed by atoms with Crippen LogP contribution in [0.25, 0.3) is 11.0 Å². The van der Waals surface area contributed by atoms with Crippen molar-refractivity contribution < 1.29 is 28.2 Å². The molecule has 0 bridgehead atoms. The number of ether oxygens (including phenoxy) is 1. The molecule has 2 aromatic heterocycles. The first-order valence-corrected chi connectivity index (χ1v) is 7.90. The lowest BCUT2D eigenvalue weighted by Crippen LogP contribution is -2.26. The lowest BCUT2D eigenvalue weighted by Gasteiger charge is -2.17. The Balaban J connectivity index is 2.10. The number of aliphatic hydroxyl groups is 1. The van der Waals surface area contributed by atoms with Crippen LogP contribution in [0.15, 0.2) is 17.3 Å². The summed E-state index contributed by atoms with van der Waals surface area (Å²) in [5, 5.41) is 9.10. The smallest absolute Gasteiger partial charge is 0.394 e. The van der Waals surface area contributed by atoms with E-state index in [9.17, 15) is 18.9 Å². The first kappa shape index (κ1) is 16.2. The summed E-state index contributed by atoms with van der Waals surface area (Å²) in [6.45, 7) is 1.34. The summed E-state index contributed by atoms with van der Waals surface area (Å²) in [6.07, 6.45) is -0.454. The molecule has 23 heavy (non-hydrogen) atoms. The summed E-state index contributed by atoms with van der Waals surface area (Å²) in [5.74, 6) is -1.23. The maximum absolute atomic E-state index is 14.1.